The molecular weight excluding hydrogens is 190 g/mol. The van der Waals surface area contributed by atoms with Crippen molar-refractivity contribution >= 4 is 5.97 Å². The van der Waals surface area contributed by atoms with E-state index in [1.807, 2.05) is 6.92 Å². The zero-order valence-electron chi connectivity index (χ0n) is 9.83. The van der Waals surface area contributed by atoms with Gasteiger partial charge in [0.2, 0.25) is 0 Å². The molecule has 0 bridgehead atoms. The van der Waals surface area contributed by atoms with E-state index in [9.17, 15) is 4.79 Å². The summed E-state index contributed by atoms with van der Waals surface area (Å²) in [6, 6.07) is 0.0383. The Balaban J connectivity index is 2.79. The second-order valence-corrected chi connectivity index (χ2v) is 5.15. The summed E-state index contributed by atoms with van der Waals surface area (Å²) in [6.07, 6.45) is 5.43. The summed E-state index contributed by atoms with van der Waals surface area (Å²) in [5.74, 6) is -0.0799. The van der Waals surface area contributed by atoms with Gasteiger partial charge in [-0.25, -0.2) is 0 Å². The van der Waals surface area contributed by atoms with Crippen molar-refractivity contribution < 1.29 is 9.90 Å². The summed E-state index contributed by atoms with van der Waals surface area (Å²) in [7, 11) is 0. The number of carbonyl (C=O) groups is 1. The van der Waals surface area contributed by atoms with Crippen molar-refractivity contribution in [2.24, 2.45) is 17.1 Å². The van der Waals surface area contributed by atoms with Gasteiger partial charge in [0.25, 0.3) is 0 Å². The van der Waals surface area contributed by atoms with Gasteiger partial charge >= 0.3 is 5.97 Å². The average molecular weight is 213 g/mol. The number of carboxylic acids is 1. The molecule has 0 saturated heterocycles. The van der Waals surface area contributed by atoms with Crippen LogP contribution in [0.2, 0.25) is 0 Å². The molecule has 1 aliphatic carbocycles. The molecule has 0 aromatic carbocycles. The van der Waals surface area contributed by atoms with Crippen LogP contribution in [-0.2, 0) is 4.79 Å². The number of hydrogen-bond acceptors (Lipinski definition) is 2. The van der Waals surface area contributed by atoms with Crippen molar-refractivity contribution in [3.63, 3.8) is 0 Å². The lowest BCUT2D eigenvalue weighted by Crippen LogP contribution is -2.45. The van der Waals surface area contributed by atoms with Gasteiger partial charge in [-0.15, -0.1) is 0 Å². The molecule has 3 heteroatoms. The average Bonchev–Trinajstić information content (AvgIpc) is 2.15. The Morgan fingerprint density at radius 2 is 2.33 bits per heavy atom. The van der Waals surface area contributed by atoms with Crippen LogP contribution in [0, 0.1) is 11.3 Å². The summed E-state index contributed by atoms with van der Waals surface area (Å²) in [6.45, 7) is 4.26. The van der Waals surface area contributed by atoms with Gasteiger partial charge in [0.1, 0.15) is 0 Å². The molecule has 15 heavy (non-hydrogen) atoms. The van der Waals surface area contributed by atoms with Crippen molar-refractivity contribution in [3.8, 4) is 0 Å². The van der Waals surface area contributed by atoms with Crippen LogP contribution in [-0.4, -0.2) is 17.1 Å². The Morgan fingerprint density at radius 1 is 1.67 bits per heavy atom. The molecule has 1 fully saturated rings. The van der Waals surface area contributed by atoms with Crippen LogP contribution in [0.1, 0.15) is 52.4 Å². The van der Waals surface area contributed by atoms with E-state index in [2.05, 4.69) is 6.92 Å². The monoisotopic (exact) mass is 213 g/mol. The Hall–Kier alpha value is -0.570. The fourth-order valence-corrected chi connectivity index (χ4v) is 3.06. The number of carboxylic acid groups (broad SMARTS) is 1. The van der Waals surface area contributed by atoms with Crippen molar-refractivity contribution in [2.75, 3.05) is 0 Å². The Kier molecular flexibility index (Phi) is 4.14. The quantitative estimate of drug-likeness (QED) is 0.753. The lowest BCUT2D eigenvalue weighted by Gasteiger charge is -2.43. The molecule has 0 aromatic heterocycles. The van der Waals surface area contributed by atoms with Gasteiger partial charge in [-0.3, -0.25) is 4.79 Å². The summed E-state index contributed by atoms with van der Waals surface area (Å²) < 4.78 is 0. The highest BCUT2D eigenvalue weighted by atomic mass is 16.4. The van der Waals surface area contributed by atoms with Crippen molar-refractivity contribution in [1.29, 1.82) is 0 Å². The van der Waals surface area contributed by atoms with Crippen LogP contribution in [0.5, 0.6) is 0 Å². The standard InChI is InChI=1S/C12H23NO2/c1-3-10(13)12(8-11(14)15)6-4-5-9(2)7-12/h9-10H,3-8,13H2,1-2H3,(H,14,15). The highest BCUT2D eigenvalue weighted by molar-refractivity contribution is 5.67. The first-order chi connectivity index (χ1) is 7.00. The zero-order chi connectivity index (χ0) is 11.5. The van der Waals surface area contributed by atoms with Crippen LogP contribution in [0.15, 0.2) is 0 Å². The largest absolute Gasteiger partial charge is 0.481 e. The molecule has 0 spiro atoms. The van der Waals surface area contributed by atoms with Crippen molar-refractivity contribution in [2.45, 2.75) is 58.4 Å². The first-order valence-electron chi connectivity index (χ1n) is 5.97. The Morgan fingerprint density at radius 3 is 2.80 bits per heavy atom. The predicted molar refractivity (Wildman–Crippen MR) is 60.6 cm³/mol. The molecule has 0 amide bonds. The summed E-state index contributed by atoms with van der Waals surface area (Å²) in [5, 5.41) is 9.01. The minimum absolute atomic E-state index is 0.0383. The first kappa shape index (κ1) is 12.5. The number of aliphatic carboxylic acids is 1. The number of nitrogens with two attached hydrogens (primary N) is 1. The van der Waals surface area contributed by atoms with E-state index in [1.165, 1.54) is 6.42 Å². The molecule has 3 nitrogen and oxygen atoms in total. The van der Waals surface area contributed by atoms with Gasteiger partial charge in [-0.05, 0) is 30.6 Å². The summed E-state index contributed by atoms with van der Waals surface area (Å²) >= 11 is 0. The summed E-state index contributed by atoms with van der Waals surface area (Å²) in [5.41, 5.74) is 5.99. The Labute approximate surface area is 92.0 Å². The molecule has 1 aliphatic rings. The molecule has 3 atom stereocenters. The normalized spacial score (nSPS) is 33.7. The maximum Gasteiger partial charge on any atom is 0.303 e. The lowest BCUT2D eigenvalue weighted by atomic mass is 9.64. The molecule has 1 rings (SSSR count). The maximum absolute atomic E-state index is 10.9. The van der Waals surface area contributed by atoms with E-state index in [0.717, 1.165) is 25.7 Å². The second kappa shape index (κ2) is 4.97. The summed E-state index contributed by atoms with van der Waals surface area (Å²) in [4.78, 5) is 10.9. The fraction of sp³-hybridized carbons (Fsp3) is 0.917. The fourth-order valence-electron chi connectivity index (χ4n) is 3.06. The van der Waals surface area contributed by atoms with Crippen LogP contribution in [0.3, 0.4) is 0 Å². The van der Waals surface area contributed by atoms with Gasteiger partial charge < -0.3 is 10.8 Å². The molecule has 0 aliphatic heterocycles. The third-order valence-corrected chi connectivity index (χ3v) is 3.86. The molecule has 3 unspecified atom stereocenters. The SMILES string of the molecule is CCC(N)C1(CC(=O)O)CCCC(C)C1. The van der Waals surface area contributed by atoms with Crippen LogP contribution in [0.4, 0.5) is 0 Å². The second-order valence-electron chi connectivity index (χ2n) is 5.15. The third kappa shape index (κ3) is 2.94. The number of rotatable bonds is 4. The minimum Gasteiger partial charge on any atom is -0.481 e. The minimum atomic E-state index is -0.701. The van der Waals surface area contributed by atoms with Gasteiger partial charge in [0.15, 0.2) is 0 Å². The van der Waals surface area contributed by atoms with E-state index < -0.39 is 5.97 Å². The van der Waals surface area contributed by atoms with E-state index in [1.54, 1.807) is 0 Å². The topological polar surface area (TPSA) is 63.3 Å². The predicted octanol–water partition coefficient (Wildman–Crippen LogP) is 2.39. The van der Waals surface area contributed by atoms with Crippen LogP contribution >= 0.6 is 0 Å². The van der Waals surface area contributed by atoms with Gasteiger partial charge in [0.05, 0.1) is 6.42 Å². The number of hydrogen-bond donors (Lipinski definition) is 2. The van der Waals surface area contributed by atoms with Crippen molar-refractivity contribution in [1.82, 2.24) is 0 Å². The van der Waals surface area contributed by atoms with Gasteiger partial charge in [-0.1, -0.05) is 26.7 Å². The Bertz CT molecular complexity index is 230. The highest BCUT2D eigenvalue weighted by Gasteiger charge is 2.40. The third-order valence-electron chi connectivity index (χ3n) is 3.86. The van der Waals surface area contributed by atoms with Gasteiger partial charge in [0, 0.05) is 6.04 Å². The maximum atomic E-state index is 10.9. The van der Waals surface area contributed by atoms with Crippen molar-refractivity contribution in [3.05, 3.63) is 0 Å². The van der Waals surface area contributed by atoms with E-state index in [-0.39, 0.29) is 17.9 Å². The molecule has 0 radical (unpaired) electrons. The molecule has 3 N–H and O–H groups in total. The smallest absolute Gasteiger partial charge is 0.303 e. The van der Waals surface area contributed by atoms with Gasteiger partial charge in [-0.2, -0.15) is 0 Å². The van der Waals surface area contributed by atoms with Crippen LogP contribution in [0.25, 0.3) is 0 Å². The molecule has 0 heterocycles. The molecular formula is C12H23NO2. The lowest BCUT2D eigenvalue weighted by molar-refractivity contribution is -0.141. The van der Waals surface area contributed by atoms with E-state index >= 15 is 0 Å². The first-order valence-corrected chi connectivity index (χ1v) is 5.97. The zero-order valence-corrected chi connectivity index (χ0v) is 9.83. The van der Waals surface area contributed by atoms with Crippen LogP contribution < -0.4 is 5.73 Å². The van der Waals surface area contributed by atoms with E-state index in [4.69, 9.17) is 10.8 Å². The molecule has 88 valence electrons. The van der Waals surface area contributed by atoms with E-state index in [0.29, 0.717) is 5.92 Å². The molecule has 1 saturated carbocycles. The highest BCUT2D eigenvalue weighted by Crippen LogP contribution is 2.44. The molecule has 0 aromatic rings.